The number of anilines is 2. The lowest BCUT2D eigenvalue weighted by Gasteiger charge is -2.27. The van der Waals surface area contributed by atoms with Crippen LogP contribution < -0.4 is 15.0 Å². The number of nitro groups is 1. The molecule has 0 fully saturated rings. The normalized spacial score (nSPS) is 10.6. The zero-order chi connectivity index (χ0) is 28.8. The van der Waals surface area contributed by atoms with E-state index >= 15 is 0 Å². The predicted molar refractivity (Wildman–Crippen MR) is 138 cm³/mol. The van der Waals surface area contributed by atoms with Gasteiger partial charge in [-0.25, -0.2) is 14.6 Å². The second-order valence-electron chi connectivity index (χ2n) is 7.21. The Morgan fingerprint density at radius 1 is 1.05 bits per heavy atom. The average molecular weight is 569 g/mol. The molecule has 1 amide bonds. The molecule has 0 aliphatic carbocycles. The standard InChI is InChI=1S/C22H28N6O10S/c1-5-35-21(30)37-9-7-27(8-10-38-22(31)36-6-2)17-11-15(24-14(3)29)16(12-18(17)34-4)25-26-20-23-13-19(39-20)28(32)33/h11-13H,5-10H2,1-4H3,(H,24,29). The van der Waals surface area contributed by atoms with E-state index in [4.69, 9.17) is 23.7 Å². The number of nitrogens with zero attached hydrogens (tertiary/aromatic N) is 5. The van der Waals surface area contributed by atoms with Gasteiger partial charge in [-0.2, -0.15) is 0 Å². The maximum atomic E-state index is 11.9. The first-order chi connectivity index (χ1) is 18.7. The highest BCUT2D eigenvalue weighted by Gasteiger charge is 2.19. The number of carbonyl (C=O) groups is 3. The monoisotopic (exact) mass is 568 g/mol. The van der Waals surface area contributed by atoms with Gasteiger partial charge >= 0.3 is 17.3 Å². The molecular formula is C22H28N6O10S. The van der Waals surface area contributed by atoms with E-state index in [-0.39, 0.29) is 66.8 Å². The fourth-order valence-corrected chi connectivity index (χ4v) is 3.53. The summed E-state index contributed by atoms with van der Waals surface area (Å²) in [5, 5.41) is 21.4. The van der Waals surface area contributed by atoms with Crippen molar-refractivity contribution in [3.8, 4) is 5.75 Å². The second kappa shape index (κ2) is 15.7. The number of aromatic nitrogens is 1. The van der Waals surface area contributed by atoms with Crippen molar-refractivity contribution in [1.29, 1.82) is 0 Å². The van der Waals surface area contributed by atoms with E-state index in [1.165, 1.54) is 20.1 Å². The Labute approximate surface area is 227 Å². The first-order valence-electron chi connectivity index (χ1n) is 11.5. The van der Waals surface area contributed by atoms with E-state index in [1.54, 1.807) is 24.8 Å². The lowest BCUT2D eigenvalue weighted by molar-refractivity contribution is -0.380. The molecule has 0 aliphatic heterocycles. The van der Waals surface area contributed by atoms with Gasteiger partial charge in [-0.05, 0) is 31.3 Å². The molecular weight excluding hydrogens is 540 g/mol. The van der Waals surface area contributed by atoms with Gasteiger partial charge in [0.2, 0.25) is 11.0 Å². The minimum atomic E-state index is -0.843. The molecule has 0 saturated carbocycles. The lowest BCUT2D eigenvalue weighted by Crippen LogP contribution is -2.32. The van der Waals surface area contributed by atoms with Crippen molar-refractivity contribution in [2.75, 3.05) is 56.8 Å². The topological polar surface area (TPSA) is 193 Å². The fraction of sp³-hybridized carbons (Fsp3) is 0.455. The molecule has 2 aromatic rings. The Balaban J connectivity index is 2.39. The van der Waals surface area contributed by atoms with Gasteiger partial charge in [-0.15, -0.1) is 10.2 Å². The van der Waals surface area contributed by atoms with Crippen LogP contribution in [0.15, 0.2) is 28.6 Å². The Hall–Kier alpha value is -4.54. The third-order valence-corrected chi connectivity index (χ3v) is 5.37. The van der Waals surface area contributed by atoms with Gasteiger partial charge in [-0.1, -0.05) is 0 Å². The van der Waals surface area contributed by atoms with Gasteiger partial charge in [0.05, 0.1) is 49.7 Å². The maximum Gasteiger partial charge on any atom is 0.508 e. The van der Waals surface area contributed by atoms with Crippen molar-refractivity contribution in [2.45, 2.75) is 20.8 Å². The second-order valence-corrected chi connectivity index (χ2v) is 8.20. The van der Waals surface area contributed by atoms with Crippen LogP contribution in [0.2, 0.25) is 0 Å². The number of thiazole rings is 1. The molecule has 17 heteroatoms. The van der Waals surface area contributed by atoms with Crippen molar-refractivity contribution in [3.63, 3.8) is 0 Å². The summed E-state index contributed by atoms with van der Waals surface area (Å²) in [7, 11) is 1.41. The molecule has 0 unspecified atom stereocenters. The summed E-state index contributed by atoms with van der Waals surface area (Å²) < 4.78 is 25.2. The highest BCUT2D eigenvalue weighted by atomic mass is 32.1. The lowest BCUT2D eigenvalue weighted by atomic mass is 10.2. The van der Waals surface area contributed by atoms with Crippen LogP contribution in [0.1, 0.15) is 20.8 Å². The smallest absolute Gasteiger partial charge is 0.494 e. The number of hydrogen-bond donors (Lipinski definition) is 1. The molecule has 1 N–H and O–H groups in total. The molecule has 0 atom stereocenters. The number of rotatable bonds is 14. The van der Waals surface area contributed by atoms with Crippen LogP contribution in [-0.2, 0) is 23.7 Å². The number of azo groups is 1. The van der Waals surface area contributed by atoms with Crippen molar-refractivity contribution in [2.24, 2.45) is 10.2 Å². The van der Waals surface area contributed by atoms with Gasteiger partial charge < -0.3 is 33.9 Å². The Bertz CT molecular complexity index is 1160. The molecule has 39 heavy (non-hydrogen) atoms. The summed E-state index contributed by atoms with van der Waals surface area (Å²) in [5.41, 5.74) is 0.842. The van der Waals surface area contributed by atoms with Crippen LogP contribution in [0.5, 0.6) is 5.75 Å². The summed E-state index contributed by atoms with van der Waals surface area (Å²) in [6.07, 6.45) is -0.625. The number of hydrogen-bond acceptors (Lipinski definition) is 15. The fourth-order valence-electron chi connectivity index (χ4n) is 2.97. The molecule has 2 rings (SSSR count). The minimum absolute atomic E-state index is 0.0346. The highest BCUT2D eigenvalue weighted by Crippen LogP contribution is 2.40. The molecule has 0 saturated heterocycles. The van der Waals surface area contributed by atoms with Crippen molar-refractivity contribution >= 4 is 56.7 Å². The third-order valence-electron chi connectivity index (χ3n) is 4.54. The van der Waals surface area contributed by atoms with Crippen LogP contribution in [0.3, 0.4) is 0 Å². The zero-order valence-corrected chi connectivity index (χ0v) is 22.5. The quantitative estimate of drug-likeness (QED) is 0.144. The minimum Gasteiger partial charge on any atom is -0.494 e. The van der Waals surface area contributed by atoms with Crippen molar-refractivity contribution in [3.05, 3.63) is 28.4 Å². The first-order valence-corrected chi connectivity index (χ1v) is 12.4. The molecule has 0 aliphatic rings. The van der Waals surface area contributed by atoms with Crippen molar-refractivity contribution in [1.82, 2.24) is 4.98 Å². The van der Waals surface area contributed by atoms with Crippen molar-refractivity contribution < 1.29 is 43.0 Å². The van der Waals surface area contributed by atoms with Crippen LogP contribution in [0.25, 0.3) is 0 Å². The van der Waals surface area contributed by atoms with E-state index in [0.717, 1.165) is 17.5 Å². The number of carbonyl (C=O) groups excluding carboxylic acids is 3. The molecule has 1 heterocycles. The average Bonchev–Trinajstić information content (AvgIpc) is 3.36. The van der Waals surface area contributed by atoms with Gasteiger partial charge in [-0.3, -0.25) is 14.9 Å². The Morgan fingerprint density at radius 3 is 2.15 bits per heavy atom. The molecule has 0 spiro atoms. The van der Waals surface area contributed by atoms with Gasteiger partial charge in [0.25, 0.3) is 0 Å². The van der Waals surface area contributed by atoms with Crippen LogP contribution in [0.4, 0.5) is 36.8 Å². The molecule has 212 valence electrons. The van der Waals surface area contributed by atoms with E-state index in [2.05, 4.69) is 20.5 Å². The molecule has 0 bridgehead atoms. The maximum absolute atomic E-state index is 11.9. The Morgan fingerprint density at radius 2 is 1.67 bits per heavy atom. The number of methoxy groups -OCH3 is 1. The van der Waals surface area contributed by atoms with Crippen LogP contribution in [-0.4, -0.2) is 74.8 Å². The number of nitrogens with one attached hydrogen (secondary N) is 1. The van der Waals surface area contributed by atoms with Crippen LogP contribution >= 0.6 is 11.3 Å². The van der Waals surface area contributed by atoms with Gasteiger partial charge in [0.15, 0.2) is 0 Å². The number of benzene rings is 1. The summed E-state index contributed by atoms with van der Waals surface area (Å²) in [5.74, 6) is -0.120. The SMILES string of the molecule is CCOC(=O)OCCN(CCOC(=O)OCC)c1cc(NC(C)=O)c(N=Nc2ncc([N+](=O)[O-])s2)cc1OC. The largest absolute Gasteiger partial charge is 0.508 e. The zero-order valence-electron chi connectivity index (χ0n) is 21.7. The predicted octanol–water partition coefficient (Wildman–Crippen LogP) is 4.59. The Kier molecular flexibility index (Phi) is 12.3. The number of ether oxygens (including phenoxy) is 5. The van der Waals surface area contributed by atoms with E-state index in [1.807, 2.05) is 0 Å². The molecule has 1 aromatic heterocycles. The molecule has 1 aromatic carbocycles. The van der Waals surface area contributed by atoms with Gasteiger partial charge in [0, 0.05) is 13.0 Å². The summed E-state index contributed by atoms with van der Waals surface area (Å²) in [6.45, 7) is 4.97. The van der Waals surface area contributed by atoms with Crippen LogP contribution in [0, 0.1) is 10.1 Å². The summed E-state index contributed by atoms with van der Waals surface area (Å²) in [4.78, 5) is 51.0. The summed E-state index contributed by atoms with van der Waals surface area (Å²) in [6, 6.07) is 3.03. The summed E-state index contributed by atoms with van der Waals surface area (Å²) >= 11 is 0.727. The van der Waals surface area contributed by atoms with E-state index in [0.29, 0.717) is 5.69 Å². The molecule has 16 nitrogen and oxygen atoms in total. The number of amides is 1. The third kappa shape index (κ3) is 10.0. The van der Waals surface area contributed by atoms with E-state index in [9.17, 15) is 24.5 Å². The highest BCUT2D eigenvalue weighted by molar-refractivity contribution is 7.18. The van der Waals surface area contributed by atoms with Gasteiger partial charge in [0.1, 0.15) is 30.8 Å². The molecule has 0 radical (unpaired) electrons. The van der Waals surface area contributed by atoms with E-state index < -0.39 is 23.1 Å². The first kappa shape index (κ1) is 30.7.